The van der Waals surface area contributed by atoms with Crippen LogP contribution in [0.2, 0.25) is 0 Å². The third kappa shape index (κ3) is 5.50. The van der Waals surface area contributed by atoms with Gasteiger partial charge < -0.3 is 10.6 Å². The van der Waals surface area contributed by atoms with E-state index in [9.17, 15) is 18.0 Å². The minimum Gasteiger partial charge on any atom is -0.354 e. The average Bonchev–Trinajstić information content (AvgIpc) is 3.14. The molecule has 0 atom stereocenters. The molecule has 1 fully saturated rings. The first-order valence-corrected chi connectivity index (χ1v) is 9.76. The number of aromatic nitrogens is 1. The molecular weight excluding hydrogens is 344 g/mol. The molecule has 0 aliphatic heterocycles. The monoisotopic (exact) mass is 368 g/mol. The molecule has 25 heavy (non-hydrogen) atoms. The maximum absolute atomic E-state index is 12.3. The third-order valence-corrected chi connectivity index (χ3v) is 5.97. The number of pyridine rings is 1. The lowest BCUT2D eigenvalue weighted by molar-refractivity contribution is -0.125. The molecule has 2 rings (SSSR count). The first-order valence-electron chi connectivity index (χ1n) is 8.32. The van der Waals surface area contributed by atoms with E-state index in [2.05, 4.69) is 15.6 Å². The van der Waals surface area contributed by atoms with Crippen molar-refractivity contribution in [2.45, 2.75) is 30.6 Å². The Hall–Kier alpha value is -2.00. The number of nitrogens with one attached hydrogen (secondary N) is 2. The standard InChI is InChI=1S/C16H24N4O4S/c1-20(25(23,24)14-7-4-8-17-11-14)12-15(21)18-9-10-19-16(22)13-5-2-3-6-13/h4,7-8,11,13H,2-3,5-6,9-10,12H2,1H3,(H,18,21)(H,19,22). The second kappa shape index (κ2) is 8.91. The largest absolute Gasteiger partial charge is 0.354 e. The van der Waals surface area contributed by atoms with Gasteiger partial charge in [0.05, 0.1) is 6.54 Å². The molecule has 138 valence electrons. The zero-order chi connectivity index (χ0) is 18.3. The van der Waals surface area contributed by atoms with Crippen molar-refractivity contribution in [1.82, 2.24) is 19.9 Å². The van der Waals surface area contributed by atoms with Crippen molar-refractivity contribution in [3.63, 3.8) is 0 Å². The Morgan fingerprint density at radius 1 is 1.24 bits per heavy atom. The zero-order valence-electron chi connectivity index (χ0n) is 14.3. The van der Waals surface area contributed by atoms with Crippen LogP contribution in [0.1, 0.15) is 25.7 Å². The van der Waals surface area contributed by atoms with Gasteiger partial charge >= 0.3 is 0 Å². The van der Waals surface area contributed by atoms with Gasteiger partial charge in [0.25, 0.3) is 0 Å². The molecule has 1 aromatic heterocycles. The molecule has 8 nitrogen and oxygen atoms in total. The maximum atomic E-state index is 12.3. The highest BCUT2D eigenvalue weighted by molar-refractivity contribution is 7.89. The number of sulfonamides is 1. The summed E-state index contributed by atoms with van der Waals surface area (Å²) in [6.07, 6.45) is 6.75. The molecule has 0 bridgehead atoms. The second-order valence-electron chi connectivity index (χ2n) is 6.07. The number of hydrogen-bond acceptors (Lipinski definition) is 5. The van der Waals surface area contributed by atoms with E-state index < -0.39 is 15.9 Å². The fraction of sp³-hybridized carbons (Fsp3) is 0.562. The summed E-state index contributed by atoms with van der Waals surface area (Å²) < 4.78 is 25.5. The van der Waals surface area contributed by atoms with E-state index >= 15 is 0 Å². The lowest BCUT2D eigenvalue weighted by Gasteiger charge is -2.17. The number of rotatable bonds is 8. The fourth-order valence-corrected chi connectivity index (χ4v) is 3.83. The first-order chi connectivity index (χ1) is 11.9. The van der Waals surface area contributed by atoms with Crippen LogP contribution in [-0.4, -0.2) is 56.2 Å². The molecular formula is C16H24N4O4S. The van der Waals surface area contributed by atoms with Gasteiger partial charge in [0, 0.05) is 38.4 Å². The van der Waals surface area contributed by atoms with Crippen LogP contribution in [0.3, 0.4) is 0 Å². The topological polar surface area (TPSA) is 108 Å². The van der Waals surface area contributed by atoms with Crippen molar-refractivity contribution in [2.75, 3.05) is 26.7 Å². The quantitative estimate of drug-likeness (QED) is 0.634. The van der Waals surface area contributed by atoms with E-state index in [0.717, 1.165) is 30.0 Å². The van der Waals surface area contributed by atoms with Gasteiger partial charge in [0.2, 0.25) is 21.8 Å². The number of hydrogen-bond donors (Lipinski definition) is 2. The number of likely N-dealkylation sites (N-methyl/N-ethyl adjacent to an activating group) is 1. The molecule has 0 unspecified atom stereocenters. The van der Waals surface area contributed by atoms with Crippen molar-refractivity contribution in [3.05, 3.63) is 24.5 Å². The predicted molar refractivity (Wildman–Crippen MR) is 92.0 cm³/mol. The Morgan fingerprint density at radius 3 is 2.56 bits per heavy atom. The van der Waals surface area contributed by atoms with Gasteiger partial charge in [-0.25, -0.2) is 8.42 Å². The van der Waals surface area contributed by atoms with Crippen LogP contribution >= 0.6 is 0 Å². The molecule has 2 amide bonds. The Morgan fingerprint density at radius 2 is 1.92 bits per heavy atom. The van der Waals surface area contributed by atoms with Gasteiger partial charge in [0.15, 0.2) is 0 Å². The van der Waals surface area contributed by atoms with Gasteiger partial charge in [-0.2, -0.15) is 4.31 Å². The molecule has 0 saturated heterocycles. The van der Waals surface area contributed by atoms with Gasteiger partial charge in [-0.15, -0.1) is 0 Å². The van der Waals surface area contributed by atoms with E-state index in [0.29, 0.717) is 6.54 Å². The van der Waals surface area contributed by atoms with Crippen molar-refractivity contribution in [2.24, 2.45) is 5.92 Å². The van der Waals surface area contributed by atoms with Crippen molar-refractivity contribution in [3.8, 4) is 0 Å². The highest BCUT2D eigenvalue weighted by Crippen LogP contribution is 2.24. The van der Waals surface area contributed by atoms with E-state index in [4.69, 9.17) is 0 Å². The van der Waals surface area contributed by atoms with Gasteiger partial charge in [-0.05, 0) is 25.0 Å². The van der Waals surface area contributed by atoms with Gasteiger partial charge in [-0.1, -0.05) is 12.8 Å². The lowest BCUT2D eigenvalue weighted by atomic mass is 10.1. The Bertz CT molecular complexity index is 687. The van der Waals surface area contributed by atoms with Gasteiger partial charge in [0.1, 0.15) is 4.90 Å². The highest BCUT2D eigenvalue weighted by Gasteiger charge is 2.23. The minimum absolute atomic E-state index is 0.0306. The van der Waals surface area contributed by atoms with Crippen LogP contribution in [0.25, 0.3) is 0 Å². The lowest BCUT2D eigenvalue weighted by Crippen LogP contribution is -2.41. The third-order valence-electron chi connectivity index (χ3n) is 4.18. The summed E-state index contributed by atoms with van der Waals surface area (Å²) in [5.74, 6) is -0.306. The normalized spacial score (nSPS) is 15.3. The molecule has 0 radical (unpaired) electrons. The molecule has 2 N–H and O–H groups in total. The summed E-state index contributed by atoms with van der Waals surface area (Å²) >= 11 is 0. The SMILES string of the molecule is CN(CC(=O)NCCNC(=O)C1CCCC1)S(=O)(=O)c1cccnc1. The summed E-state index contributed by atoms with van der Waals surface area (Å²) in [6, 6.07) is 2.95. The Labute approximate surface area is 148 Å². The molecule has 1 aliphatic rings. The van der Waals surface area contributed by atoms with E-state index in [-0.39, 0.29) is 29.8 Å². The summed E-state index contributed by atoms with van der Waals surface area (Å²) in [4.78, 5) is 27.5. The van der Waals surface area contributed by atoms with Crippen LogP contribution in [0.15, 0.2) is 29.4 Å². The van der Waals surface area contributed by atoms with Crippen molar-refractivity contribution < 1.29 is 18.0 Å². The van der Waals surface area contributed by atoms with Crippen molar-refractivity contribution >= 4 is 21.8 Å². The second-order valence-corrected chi connectivity index (χ2v) is 8.12. The molecule has 1 aromatic rings. The van der Waals surface area contributed by atoms with Crippen molar-refractivity contribution in [1.29, 1.82) is 0 Å². The molecule has 1 aliphatic carbocycles. The number of amides is 2. The van der Waals surface area contributed by atoms with Gasteiger partial charge in [-0.3, -0.25) is 14.6 Å². The molecule has 9 heteroatoms. The number of carbonyl (C=O) groups is 2. The number of nitrogens with zero attached hydrogens (tertiary/aromatic N) is 2. The molecule has 1 heterocycles. The van der Waals surface area contributed by atoms with E-state index in [1.807, 2.05) is 0 Å². The van der Waals surface area contributed by atoms with Crippen LogP contribution < -0.4 is 10.6 Å². The summed E-state index contributed by atoms with van der Waals surface area (Å²) in [5.41, 5.74) is 0. The zero-order valence-corrected chi connectivity index (χ0v) is 15.1. The molecule has 0 spiro atoms. The smallest absolute Gasteiger partial charge is 0.244 e. The fourth-order valence-electron chi connectivity index (χ4n) is 2.74. The minimum atomic E-state index is -3.75. The Kier molecular flexibility index (Phi) is 6.89. The average molecular weight is 368 g/mol. The van der Waals surface area contributed by atoms with Crippen LogP contribution in [0, 0.1) is 5.92 Å². The predicted octanol–water partition coefficient (Wildman–Crippen LogP) is 0.125. The first kappa shape index (κ1) is 19.3. The molecule has 1 saturated carbocycles. The molecule has 0 aromatic carbocycles. The van der Waals surface area contributed by atoms with E-state index in [1.54, 1.807) is 0 Å². The summed E-state index contributed by atoms with van der Waals surface area (Å²) in [6.45, 7) is 0.298. The highest BCUT2D eigenvalue weighted by atomic mass is 32.2. The van der Waals surface area contributed by atoms with E-state index in [1.165, 1.54) is 31.6 Å². The summed E-state index contributed by atoms with van der Waals surface area (Å²) in [7, 11) is -2.41. The van der Waals surface area contributed by atoms with Crippen LogP contribution in [0.5, 0.6) is 0 Å². The van der Waals surface area contributed by atoms with Crippen LogP contribution in [-0.2, 0) is 19.6 Å². The maximum Gasteiger partial charge on any atom is 0.244 e. The summed E-state index contributed by atoms with van der Waals surface area (Å²) in [5, 5.41) is 5.40. The number of carbonyl (C=O) groups excluding carboxylic acids is 2. The Balaban J connectivity index is 1.71. The van der Waals surface area contributed by atoms with Crippen LogP contribution in [0.4, 0.5) is 0 Å².